The number of rotatable bonds is 6. The van der Waals surface area contributed by atoms with Gasteiger partial charge in [-0.2, -0.15) is 0 Å². The van der Waals surface area contributed by atoms with E-state index in [2.05, 4.69) is 0 Å². The van der Waals surface area contributed by atoms with E-state index in [-0.39, 0.29) is 42.4 Å². The van der Waals surface area contributed by atoms with Crippen LogP contribution in [0.15, 0.2) is 18.2 Å². The Morgan fingerprint density at radius 1 is 1.33 bits per heavy atom. The molecule has 1 saturated heterocycles. The van der Waals surface area contributed by atoms with Crippen molar-refractivity contribution in [3.8, 4) is 5.75 Å². The molecule has 6 nitrogen and oxygen atoms in total. The highest BCUT2D eigenvalue weighted by Gasteiger charge is 2.28. The lowest BCUT2D eigenvalue weighted by Crippen LogP contribution is -2.42. The van der Waals surface area contributed by atoms with Gasteiger partial charge in [0.15, 0.2) is 17.3 Å². The van der Waals surface area contributed by atoms with Crippen molar-refractivity contribution in [1.82, 2.24) is 4.90 Å². The second kappa shape index (κ2) is 7.90. The Morgan fingerprint density at radius 2 is 2.08 bits per heavy atom. The van der Waals surface area contributed by atoms with Crippen molar-refractivity contribution in [3.63, 3.8) is 0 Å². The summed E-state index contributed by atoms with van der Waals surface area (Å²) in [6, 6.07) is 3.91. The first-order valence-corrected chi connectivity index (χ1v) is 7.79. The van der Waals surface area contributed by atoms with Crippen molar-refractivity contribution in [2.45, 2.75) is 25.7 Å². The molecule has 1 fully saturated rings. The molecule has 0 aliphatic carbocycles. The number of carboxylic acid groups (broad SMARTS) is 1. The van der Waals surface area contributed by atoms with Crippen LogP contribution in [-0.4, -0.2) is 47.9 Å². The molecular weight excluding hydrogens is 317 g/mol. The van der Waals surface area contributed by atoms with E-state index in [9.17, 15) is 18.8 Å². The molecule has 1 amide bonds. The third-order valence-corrected chi connectivity index (χ3v) is 4.16. The zero-order valence-electron chi connectivity index (χ0n) is 13.5. The largest absolute Gasteiger partial charge is 0.494 e. The molecule has 1 aliphatic heterocycles. The molecule has 7 heteroatoms. The van der Waals surface area contributed by atoms with Crippen LogP contribution in [0.1, 0.15) is 36.0 Å². The van der Waals surface area contributed by atoms with E-state index < -0.39 is 17.7 Å². The van der Waals surface area contributed by atoms with Gasteiger partial charge in [-0.1, -0.05) is 0 Å². The van der Waals surface area contributed by atoms with Crippen LogP contribution in [0, 0.1) is 11.7 Å². The summed E-state index contributed by atoms with van der Waals surface area (Å²) in [5.41, 5.74) is 0.183. The van der Waals surface area contributed by atoms with Crippen molar-refractivity contribution in [2.75, 3.05) is 20.2 Å². The van der Waals surface area contributed by atoms with Gasteiger partial charge in [0.25, 0.3) is 0 Å². The summed E-state index contributed by atoms with van der Waals surface area (Å²) in [6.45, 7) is 0.688. The Morgan fingerprint density at radius 3 is 2.71 bits per heavy atom. The molecule has 1 atom stereocenters. The van der Waals surface area contributed by atoms with Gasteiger partial charge in [-0.3, -0.25) is 14.4 Å². The van der Waals surface area contributed by atoms with Crippen molar-refractivity contribution >= 4 is 17.7 Å². The molecule has 2 rings (SSSR count). The minimum Gasteiger partial charge on any atom is -0.494 e. The minimum atomic E-state index is -0.905. The number of hydrogen-bond donors (Lipinski definition) is 1. The van der Waals surface area contributed by atoms with E-state index in [1.54, 1.807) is 0 Å². The van der Waals surface area contributed by atoms with Crippen LogP contribution >= 0.6 is 0 Å². The first kappa shape index (κ1) is 17.9. The summed E-state index contributed by atoms with van der Waals surface area (Å²) in [7, 11) is 1.33. The van der Waals surface area contributed by atoms with E-state index in [0.717, 1.165) is 6.07 Å². The van der Waals surface area contributed by atoms with Gasteiger partial charge >= 0.3 is 5.97 Å². The lowest BCUT2D eigenvalue weighted by Gasteiger charge is -2.30. The molecule has 1 aliphatic rings. The van der Waals surface area contributed by atoms with Crippen LogP contribution < -0.4 is 4.74 Å². The molecule has 0 unspecified atom stereocenters. The van der Waals surface area contributed by atoms with E-state index in [1.807, 2.05) is 0 Å². The van der Waals surface area contributed by atoms with E-state index in [1.165, 1.54) is 24.1 Å². The van der Waals surface area contributed by atoms with Gasteiger partial charge < -0.3 is 14.7 Å². The topological polar surface area (TPSA) is 83.9 Å². The van der Waals surface area contributed by atoms with Gasteiger partial charge in [0.2, 0.25) is 5.91 Å². The Hall–Kier alpha value is -2.44. The Bertz CT molecular complexity index is 646. The first-order chi connectivity index (χ1) is 11.4. The summed E-state index contributed by atoms with van der Waals surface area (Å²) >= 11 is 0. The summed E-state index contributed by atoms with van der Waals surface area (Å²) < 4.78 is 18.4. The highest BCUT2D eigenvalue weighted by atomic mass is 19.1. The van der Waals surface area contributed by atoms with E-state index in [0.29, 0.717) is 19.4 Å². The SMILES string of the molecule is COc1ccc(C(=O)CCC(=O)N2CCC[C@H](C(=O)O)C2)cc1F. The Kier molecular flexibility index (Phi) is 5.89. The number of carbonyl (C=O) groups is 3. The summed E-state index contributed by atoms with van der Waals surface area (Å²) in [5, 5.41) is 9.04. The lowest BCUT2D eigenvalue weighted by molar-refractivity contribution is -0.145. The van der Waals surface area contributed by atoms with Crippen LogP contribution in [-0.2, 0) is 9.59 Å². The van der Waals surface area contributed by atoms with Crippen LogP contribution in [0.4, 0.5) is 4.39 Å². The molecule has 1 aromatic carbocycles. The molecule has 1 N–H and O–H groups in total. The number of ketones is 1. The average Bonchev–Trinajstić information content (AvgIpc) is 2.59. The number of carboxylic acids is 1. The van der Waals surface area contributed by atoms with E-state index in [4.69, 9.17) is 9.84 Å². The summed E-state index contributed by atoms with van der Waals surface area (Å²) in [5.74, 6) is -2.61. The quantitative estimate of drug-likeness (QED) is 0.804. The normalized spacial score (nSPS) is 17.4. The zero-order chi connectivity index (χ0) is 17.7. The fourth-order valence-corrected chi connectivity index (χ4v) is 2.77. The number of benzene rings is 1. The third kappa shape index (κ3) is 4.31. The fraction of sp³-hybridized carbons (Fsp3) is 0.471. The number of nitrogens with zero attached hydrogens (tertiary/aromatic N) is 1. The fourth-order valence-electron chi connectivity index (χ4n) is 2.77. The molecule has 130 valence electrons. The predicted molar refractivity (Wildman–Crippen MR) is 83.5 cm³/mol. The zero-order valence-corrected chi connectivity index (χ0v) is 13.5. The van der Waals surface area contributed by atoms with E-state index >= 15 is 0 Å². The Labute approximate surface area is 139 Å². The smallest absolute Gasteiger partial charge is 0.308 e. The van der Waals surface area contributed by atoms with Gasteiger partial charge in [-0.05, 0) is 31.0 Å². The summed E-state index contributed by atoms with van der Waals surface area (Å²) in [6.07, 6.45) is 1.14. The number of halogens is 1. The first-order valence-electron chi connectivity index (χ1n) is 7.79. The molecule has 0 spiro atoms. The number of ether oxygens (including phenoxy) is 1. The number of methoxy groups -OCH3 is 1. The number of carbonyl (C=O) groups excluding carboxylic acids is 2. The molecule has 0 aromatic heterocycles. The maximum atomic E-state index is 13.6. The number of likely N-dealkylation sites (tertiary alicyclic amines) is 1. The minimum absolute atomic E-state index is 0.0151. The molecule has 0 radical (unpaired) electrons. The number of aliphatic carboxylic acids is 1. The van der Waals surface area contributed by atoms with Gasteiger partial charge in [0.1, 0.15) is 0 Å². The highest BCUT2D eigenvalue weighted by molar-refractivity contribution is 5.98. The second-order valence-electron chi connectivity index (χ2n) is 5.79. The summed E-state index contributed by atoms with van der Waals surface area (Å²) in [4.78, 5) is 36.8. The average molecular weight is 337 g/mol. The Balaban J connectivity index is 1.90. The lowest BCUT2D eigenvalue weighted by atomic mass is 9.97. The van der Waals surface area contributed by atoms with Crippen molar-refractivity contribution in [1.29, 1.82) is 0 Å². The number of hydrogen-bond acceptors (Lipinski definition) is 4. The molecule has 1 aromatic rings. The number of Topliss-reactive ketones (excluding diaryl/α,β-unsaturated/α-hetero) is 1. The van der Waals surface area contributed by atoms with Gasteiger partial charge in [0, 0.05) is 31.5 Å². The predicted octanol–water partition coefficient (Wildman–Crippen LogP) is 2.12. The van der Waals surface area contributed by atoms with Crippen LogP contribution in [0.5, 0.6) is 5.75 Å². The molecular formula is C17H20FNO5. The van der Waals surface area contributed by atoms with Crippen molar-refractivity contribution < 1.29 is 28.6 Å². The maximum Gasteiger partial charge on any atom is 0.308 e. The van der Waals surface area contributed by atoms with Gasteiger partial charge in [-0.15, -0.1) is 0 Å². The van der Waals surface area contributed by atoms with Crippen LogP contribution in [0.2, 0.25) is 0 Å². The van der Waals surface area contributed by atoms with Gasteiger partial charge in [-0.25, -0.2) is 4.39 Å². The third-order valence-electron chi connectivity index (χ3n) is 4.16. The van der Waals surface area contributed by atoms with Crippen molar-refractivity contribution in [3.05, 3.63) is 29.6 Å². The van der Waals surface area contributed by atoms with Crippen molar-refractivity contribution in [2.24, 2.45) is 5.92 Å². The molecule has 1 heterocycles. The molecule has 0 bridgehead atoms. The standard InChI is InChI=1S/C17H20FNO5/c1-24-15-6-4-11(9-13(15)18)14(20)5-7-16(21)19-8-2-3-12(10-19)17(22)23/h4,6,9,12H,2-3,5,7-8,10H2,1H3,(H,22,23)/t12-/m0/s1. The molecule has 0 saturated carbocycles. The monoisotopic (exact) mass is 337 g/mol. The maximum absolute atomic E-state index is 13.6. The number of piperidine rings is 1. The second-order valence-corrected chi connectivity index (χ2v) is 5.79. The molecule has 24 heavy (non-hydrogen) atoms. The van der Waals surface area contributed by atoms with Gasteiger partial charge in [0.05, 0.1) is 13.0 Å². The van der Waals surface area contributed by atoms with Crippen LogP contribution in [0.25, 0.3) is 0 Å². The highest BCUT2D eigenvalue weighted by Crippen LogP contribution is 2.20. The van der Waals surface area contributed by atoms with Crippen LogP contribution in [0.3, 0.4) is 0 Å². The number of amides is 1.